The Kier molecular flexibility index (Phi) is 6.45. The van der Waals surface area contributed by atoms with Gasteiger partial charge in [0.1, 0.15) is 17.2 Å². The van der Waals surface area contributed by atoms with Crippen molar-refractivity contribution in [3.05, 3.63) is 58.5 Å². The van der Waals surface area contributed by atoms with E-state index in [1.54, 1.807) is 30.3 Å². The van der Waals surface area contributed by atoms with Gasteiger partial charge in [-0.1, -0.05) is 0 Å². The van der Waals surface area contributed by atoms with E-state index in [1.165, 1.54) is 25.5 Å². The molecule has 0 atom stereocenters. The fourth-order valence-corrected chi connectivity index (χ4v) is 3.25. The summed E-state index contributed by atoms with van der Waals surface area (Å²) in [5.41, 5.74) is 0.531. The number of nitro benzene ring substituents is 1. The highest BCUT2D eigenvalue weighted by atomic mass is 32.1. The molecule has 0 bridgehead atoms. The van der Waals surface area contributed by atoms with Gasteiger partial charge in [0, 0.05) is 32.3 Å². The summed E-state index contributed by atoms with van der Waals surface area (Å²) < 4.78 is 10.2. The number of carbonyl (C=O) groups excluding carboxylic acids is 1. The first kappa shape index (κ1) is 20.3. The van der Waals surface area contributed by atoms with E-state index in [-0.39, 0.29) is 11.6 Å². The molecule has 1 fully saturated rings. The maximum absolute atomic E-state index is 12.0. The van der Waals surface area contributed by atoms with Crippen LogP contribution in [0.25, 0.3) is 6.08 Å². The van der Waals surface area contributed by atoms with E-state index in [1.807, 2.05) is 9.80 Å². The lowest BCUT2D eigenvalue weighted by atomic mass is 10.2. The van der Waals surface area contributed by atoms with Crippen LogP contribution in [0.5, 0.6) is 5.75 Å². The predicted octanol–water partition coefficient (Wildman–Crippen LogP) is 2.43. The molecule has 1 aliphatic rings. The van der Waals surface area contributed by atoms with E-state index >= 15 is 0 Å². The number of ether oxygens (including phenoxy) is 1. The maximum atomic E-state index is 12.0. The second-order valence-corrected chi connectivity index (χ2v) is 6.62. The van der Waals surface area contributed by atoms with Crippen molar-refractivity contribution in [3.8, 4) is 5.75 Å². The minimum Gasteiger partial charge on any atom is -0.496 e. The number of benzene rings is 1. The van der Waals surface area contributed by atoms with Crippen LogP contribution in [0.2, 0.25) is 0 Å². The molecule has 2 heterocycles. The number of carbonyl (C=O) groups is 1. The third-order valence-electron chi connectivity index (χ3n) is 4.46. The monoisotopic (exact) mass is 416 g/mol. The van der Waals surface area contributed by atoms with Crippen molar-refractivity contribution in [2.24, 2.45) is 0 Å². The largest absolute Gasteiger partial charge is 0.496 e. The molecular formula is C19H20N4O5S. The van der Waals surface area contributed by atoms with Crippen LogP contribution in [0.15, 0.2) is 47.1 Å². The molecule has 1 aromatic carbocycles. The summed E-state index contributed by atoms with van der Waals surface area (Å²) in [5, 5.41) is 14.4. The van der Waals surface area contributed by atoms with Gasteiger partial charge in [0.05, 0.1) is 24.4 Å². The van der Waals surface area contributed by atoms with Gasteiger partial charge in [0.15, 0.2) is 5.11 Å². The molecule has 0 aliphatic carbocycles. The third kappa shape index (κ3) is 5.11. The lowest BCUT2D eigenvalue weighted by Crippen LogP contribution is -2.52. The van der Waals surface area contributed by atoms with Crippen molar-refractivity contribution in [2.45, 2.75) is 0 Å². The van der Waals surface area contributed by atoms with E-state index in [0.29, 0.717) is 48.5 Å². The molecule has 29 heavy (non-hydrogen) atoms. The zero-order valence-corrected chi connectivity index (χ0v) is 16.6. The predicted molar refractivity (Wildman–Crippen MR) is 112 cm³/mol. The van der Waals surface area contributed by atoms with Gasteiger partial charge in [-0.2, -0.15) is 0 Å². The number of anilines is 1. The third-order valence-corrected chi connectivity index (χ3v) is 4.82. The summed E-state index contributed by atoms with van der Waals surface area (Å²) in [4.78, 5) is 26.8. The van der Waals surface area contributed by atoms with E-state index in [9.17, 15) is 14.9 Å². The summed E-state index contributed by atoms with van der Waals surface area (Å²) in [6, 6.07) is 8.27. The second-order valence-electron chi connectivity index (χ2n) is 6.23. The molecule has 1 amide bonds. The Bertz CT molecular complexity index is 921. The van der Waals surface area contributed by atoms with Gasteiger partial charge in [-0.25, -0.2) is 0 Å². The van der Waals surface area contributed by atoms with Crippen LogP contribution < -0.4 is 15.0 Å². The van der Waals surface area contributed by atoms with E-state index in [4.69, 9.17) is 21.4 Å². The van der Waals surface area contributed by atoms with Crippen molar-refractivity contribution >= 4 is 40.7 Å². The number of thiocarbonyl (C=S) groups is 1. The molecule has 152 valence electrons. The SMILES string of the molecule is COc1ccc(N2CCN(C(=S)NC(=O)/C=C/c3ccco3)CC2)c([N+](=O)[O-])c1. The van der Waals surface area contributed by atoms with Gasteiger partial charge >= 0.3 is 0 Å². The Balaban J connectivity index is 1.57. The molecular weight excluding hydrogens is 396 g/mol. The lowest BCUT2D eigenvalue weighted by Gasteiger charge is -2.36. The Morgan fingerprint density at radius 1 is 1.31 bits per heavy atom. The van der Waals surface area contributed by atoms with Gasteiger partial charge in [0.25, 0.3) is 5.69 Å². The number of hydrogen-bond donors (Lipinski definition) is 1. The molecule has 10 heteroatoms. The van der Waals surface area contributed by atoms with Crippen molar-refractivity contribution in [1.29, 1.82) is 0 Å². The number of piperazine rings is 1. The fraction of sp³-hybridized carbons (Fsp3) is 0.263. The molecule has 0 unspecified atom stereocenters. The Morgan fingerprint density at radius 3 is 2.69 bits per heavy atom. The first-order valence-electron chi connectivity index (χ1n) is 8.87. The highest BCUT2D eigenvalue weighted by Gasteiger charge is 2.25. The number of amides is 1. The smallest absolute Gasteiger partial charge is 0.296 e. The Hall–Kier alpha value is -3.40. The summed E-state index contributed by atoms with van der Waals surface area (Å²) >= 11 is 5.31. The van der Waals surface area contributed by atoms with E-state index < -0.39 is 4.92 Å². The van der Waals surface area contributed by atoms with Crippen LogP contribution in [-0.4, -0.2) is 54.1 Å². The molecule has 1 N–H and O–H groups in total. The average Bonchev–Trinajstić information content (AvgIpc) is 3.25. The summed E-state index contributed by atoms with van der Waals surface area (Å²) in [7, 11) is 1.47. The topological polar surface area (TPSA) is 101 Å². The summed E-state index contributed by atoms with van der Waals surface area (Å²) in [5.74, 6) is 0.658. The van der Waals surface area contributed by atoms with Gasteiger partial charge in [0.2, 0.25) is 5.91 Å². The first-order chi connectivity index (χ1) is 14.0. The summed E-state index contributed by atoms with van der Waals surface area (Å²) in [6.07, 6.45) is 4.43. The molecule has 0 radical (unpaired) electrons. The van der Waals surface area contributed by atoms with Crippen LogP contribution in [0, 0.1) is 10.1 Å². The van der Waals surface area contributed by atoms with Gasteiger partial charge < -0.3 is 19.0 Å². The number of nitrogens with zero attached hydrogens (tertiary/aromatic N) is 3. The number of furan rings is 1. The molecule has 0 spiro atoms. The molecule has 1 aliphatic heterocycles. The van der Waals surface area contributed by atoms with Crippen LogP contribution in [0.1, 0.15) is 5.76 Å². The molecule has 3 rings (SSSR count). The normalized spacial score (nSPS) is 14.1. The molecule has 9 nitrogen and oxygen atoms in total. The first-order valence-corrected chi connectivity index (χ1v) is 9.27. The second kappa shape index (κ2) is 9.20. The van der Waals surface area contributed by atoms with Crippen molar-refractivity contribution in [2.75, 3.05) is 38.2 Å². The number of hydrogen-bond acceptors (Lipinski definition) is 7. The van der Waals surface area contributed by atoms with Crippen molar-refractivity contribution in [3.63, 3.8) is 0 Å². The quantitative estimate of drug-likeness (QED) is 0.343. The van der Waals surface area contributed by atoms with Crippen molar-refractivity contribution < 1.29 is 18.9 Å². The minimum atomic E-state index is -0.416. The molecule has 1 aromatic heterocycles. The molecule has 0 saturated carbocycles. The van der Waals surface area contributed by atoms with E-state index in [2.05, 4.69) is 5.32 Å². The zero-order valence-electron chi connectivity index (χ0n) is 15.7. The minimum absolute atomic E-state index is 0.00302. The lowest BCUT2D eigenvalue weighted by molar-refractivity contribution is -0.384. The van der Waals surface area contributed by atoms with Gasteiger partial charge in [-0.3, -0.25) is 20.2 Å². The fourth-order valence-electron chi connectivity index (χ4n) is 2.96. The molecule has 2 aromatic rings. The highest BCUT2D eigenvalue weighted by molar-refractivity contribution is 7.80. The number of nitro groups is 1. The highest BCUT2D eigenvalue weighted by Crippen LogP contribution is 2.32. The van der Waals surface area contributed by atoms with Crippen LogP contribution >= 0.6 is 12.2 Å². The van der Waals surface area contributed by atoms with E-state index in [0.717, 1.165) is 0 Å². The van der Waals surface area contributed by atoms with Crippen LogP contribution in [0.4, 0.5) is 11.4 Å². The summed E-state index contributed by atoms with van der Waals surface area (Å²) in [6.45, 7) is 2.13. The van der Waals surface area contributed by atoms with Crippen LogP contribution in [-0.2, 0) is 4.79 Å². The molecule has 1 saturated heterocycles. The average molecular weight is 416 g/mol. The maximum Gasteiger partial charge on any atom is 0.296 e. The van der Waals surface area contributed by atoms with Crippen LogP contribution in [0.3, 0.4) is 0 Å². The zero-order chi connectivity index (χ0) is 20.8. The number of rotatable bonds is 5. The van der Waals surface area contributed by atoms with Gasteiger partial charge in [-0.05, 0) is 42.6 Å². The number of methoxy groups -OCH3 is 1. The number of nitrogens with one attached hydrogen (secondary N) is 1. The Labute approximate surface area is 172 Å². The van der Waals surface area contributed by atoms with Gasteiger partial charge in [-0.15, -0.1) is 0 Å². The standard InChI is InChI=1S/C19H20N4O5S/c1-27-15-4-6-16(17(13-15)23(25)26)21-8-10-22(11-9-21)19(29)20-18(24)7-5-14-3-2-12-28-14/h2-7,12-13H,8-11H2,1H3,(H,20,24,29)/b7-5+. The van der Waals surface area contributed by atoms with Crippen molar-refractivity contribution in [1.82, 2.24) is 10.2 Å². The Morgan fingerprint density at radius 2 is 2.07 bits per heavy atom.